The van der Waals surface area contributed by atoms with Crippen molar-refractivity contribution in [2.45, 2.75) is 45.4 Å². The number of carbonyl (C=O) groups is 2. The first-order valence-corrected chi connectivity index (χ1v) is 12.6. The first-order chi connectivity index (χ1) is 15.5. The number of amides is 2. The Morgan fingerprint density at radius 2 is 1.94 bits per heavy atom. The molecule has 172 valence electrons. The zero-order valence-corrected chi connectivity index (χ0v) is 20.1. The van der Waals surface area contributed by atoms with Crippen LogP contribution in [-0.4, -0.2) is 59.4 Å². The highest BCUT2D eigenvalue weighted by Crippen LogP contribution is 2.37. The molecule has 4 rings (SSSR count). The molecule has 1 aromatic carbocycles. The maximum atomic E-state index is 13.2. The number of likely N-dealkylation sites (tertiary alicyclic amines) is 2. The van der Waals surface area contributed by atoms with Gasteiger partial charge < -0.3 is 14.5 Å². The van der Waals surface area contributed by atoms with E-state index in [9.17, 15) is 9.59 Å². The van der Waals surface area contributed by atoms with Crippen molar-refractivity contribution >= 4 is 34.8 Å². The minimum absolute atomic E-state index is 0.00209. The molecule has 0 aliphatic carbocycles. The van der Waals surface area contributed by atoms with E-state index in [0.29, 0.717) is 41.8 Å². The zero-order chi connectivity index (χ0) is 22.6. The van der Waals surface area contributed by atoms with E-state index in [1.54, 1.807) is 11.6 Å². The predicted molar refractivity (Wildman–Crippen MR) is 126 cm³/mol. The van der Waals surface area contributed by atoms with Crippen LogP contribution in [0.15, 0.2) is 29.8 Å². The van der Waals surface area contributed by atoms with Gasteiger partial charge in [0.1, 0.15) is 10.6 Å². The van der Waals surface area contributed by atoms with Crippen LogP contribution in [0.4, 0.5) is 0 Å². The Morgan fingerprint density at radius 1 is 1.16 bits per heavy atom. The highest BCUT2D eigenvalue weighted by Gasteiger charge is 2.41. The SMILES string of the molecule is Cc1ncsc1C(=O)N1CCCC(COc2cccc(Cl)c2)(CC(=O)N2CCCCC2)C1. The minimum Gasteiger partial charge on any atom is -0.493 e. The van der Waals surface area contributed by atoms with Gasteiger partial charge in [0.2, 0.25) is 5.91 Å². The molecule has 1 atom stereocenters. The number of halogens is 1. The monoisotopic (exact) mass is 475 g/mol. The molecule has 32 heavy (non-hydrogen) atoms. The van der Waals surface area contributed by atoms with Gasteiger partial charge in [0.25, 0.3) is 5.91 Å². The minimum atomic E-state index is -0.427. The first-order valence-electron chi connectivity index (χ1n) is 11.3. The van der Waals surface area contributed by atoms with Crippen LogP contribution in [-0.2, 0) is 4.79 Å². The molecule has 2 aliphatic heterocycles. The van der Waals surface area contributed by atoms with Crippen molar-refractivity contribution in [1.29, 1.82) is 0 Å². The van der Waals surface area contributed by atoms with Crippen LogP contribution in [0, 0.1) is 12.3 Å². The van der Waals surface area contributed by atoms with Gasteiger partial charge in [0.05, 0.1) is 17.8 Å². The summed E-state index contributed by atoms with van der Waals surface area (Å²) in [5, 5.41) is 0.613. The molecule has 6 nitrogen and oxygen atoms in total. The zero-order valence-electron chi connectivity index (χ0n) is 18.5. The van der Waals surface area contributed by atoms with E-state index >= 15 is 0 Å². The highest BCUT2D eigenvalue weighted by atomic mass is 35.5. The van der Waals surface area contributed by atoms with E-state index in [1.807, 2.05) is 34.9 Å². The number of aryl methyl sites for hydroxylation is 1. The van der Waals surface area contributed by atoms with Gasteiger partial charge in [-0.05, 0) is 57.2 Å². The van der Waals surface area contributed by atoms with E-state index in [4.69, 9.17) is 16.3 Å². The number of piperidine rings is 2. The maximum absolute atomic E-state index is 13.2. The molecule has 2 fully saturated rings. The van der Waals surface area contributed by atoms with Gasteiger partial charge in [-0.25, -0.2) is 4.98 Å². The van der Waals surface area contributed by atoms with Crippen LogP contribution in [0.1, 0.15) is 53.9 Å². The van der Waals surface area contributed by atoms with E-state index < -0.39 is 5.41 Å². The normalized spacial score (nSPS) is 21.4. The number of ether oxygens (including phenoxy) is 1. The molecule has 0 saturated carbocycles. The molecule has 2 aliphatic rings. The number of nitrogens with zero attached hydrogens (tertiary/aromatic N) is 3. The van der Waals surface area contributed by atoms with Crippen molar-refractivity contribution < 1.29 is 14.3 Å². The molecule has 0 bridgehead atoms. The van der Waals surface area contributed by atoms with Crippen molar-refractivity contribution in [1.82, 2.24) is 14.8 Å². The smallest absolute Gasteiger partial charge is 0.265 e. The molecule has 2 amide bonds. The average molecular weight is 476 g/mol. The number of hydrogen-bond acceptors (Lipinski definition) is 5. The summed E-state index contributed by atoms with van der Waals surface area (Å²) < 4.78 is 6.16. The number of benzene rings is 1. The summed E-state index contributed by atoms with van der Waals surface area (Å²) in [6, 6.07) is 7.32. The van der Waals surface area contributed by atoms with Crippen LogP contribution in [0.3, 0.4) is 0 Å². The fourth-order valence-electron chi connectivity index (χ4n) is 4.71. The Kier molecular flexibility index (Phi) is 7.36. The van der Waals surface area contributed by atoms with E-state index in [1.165, 1.54) is 17.8 Å². The molecule has 2 aromatic rings. The predicted octanol–water partition coefficient (Wildman–Crippen LogP) is 4.81. The highest BCUT2D eigenvalue weighted by molar-refractivity contribution is 7.11. The number of aromatic nitrogens is 1. The molecular weight excluding hydrogens is 446 g/mol. The van der Waals surface area contributed by atoms with Crippen molar-refractivity contribution in [2.75, 3.05) is 32.8 Å². The Bertz CT molecular complexity index is 959. The van der Waals surface area contributed by atoms with Crippen LogP contribution in [0.5, 0.6) is 5.75 Å². The number of thiazole rings is 1. The maximum Gasteiger partial charge on any atom is 0.265 e. The third-order valence-electron chi connectivity index (χ3n) is 6.46. The summed E-state index contributed by atoms with van der Waals surface area (Å²) in [4.78, 5) is 35.2. The lowest BCUT2D eigenvalue weighted by atomic mass is 9.77. The lowest BCUT2D eigenvalue weighted by Crippen LogP contribution is -2.51. The second-order valence-electron chi connectivity index (χ2n) is 8.96. The van der Waals surface area contributed by atoms with Crippen LogP contribution < -0.4 is 4.74 Å². The van der Waals surface area contributed by atoms with Crippen molar-refractivity contribution in [2.24, 2.45) is 5.41 Å². The Balaban J connectivity index is 1.53. The van der Waals surface area contributed by atoms with Gasteiger partial charge in [-0.15, -0.1) is 11.3 Å². The lowest BCUT2D eigenvalue weighted by molar-refractivity contribution is -0.136. The largest absolute Gasteiger partial charge is 0.493 e. The molecule has 2 saturated heterocycles. The first kappa shape index (κ1) is 23.1. The van der Waals surface area contributed by atoms with Crippen LogP contribution >= 0.6 is 22.9 Å². The number of carbonyl (C=O) groups excluding carboxylic acids is 2. The number of hydrogen-bond donors (Lipinski definition) is 0. The van der Waals surface area contributed by atoms with Gasteiger partial charge >= 0.3 is 0 Å². The third kappa shape index (κ3) is 5.44. The van der Waals surface area contributed by atoms with Gasteiger partial charge in [-0.3, -0.25) is 9.59 Å². The third-order valence-corrected chi connectivity index (χ3v) is 7.62. The fourth-order valence-corrected chi connectivity index (χ4v) is 5.66. The molecule has 0 N–H and O–H groups in total. The quantitative estimate of drug-likeness (QED) is 0.601. The summed E-state index contributed by atoms with van der Waals surface area (Å²) in [5.41, 5.74) is 2.04. The molecule has 1 aromatic heterocycles. The van der Waals surface area contributed by atoms with E-state index in [2.05, 4.69) is 4.98 Å². The summed E-state index contributed by atoms with van der Waals surface area (Å²) in [6.07, 6.45) is 5.39. The van der Waals surface area contributed by atoms with Gasteiger partial charge in [0.15, 0.2) is 0 Å². The topological polar surface area (TPSA) is 62.7 Å². The average Bonchev–Trinajstić information content (AvgIpc) is 3.24. The summed E-state index contributed by atoms with van der Waals surface area (Å²) in [6.45, 7) is 5.08. The Morgan fingerprint density at radius 3 is 2.66 bits per heavy atom. The van der Waals surface area contributed by atoms with Gasteiger partial charge in [-0.2, -0.15) is 0 Å². The summed E-state index contributed by atoms with van der Waals surface area (Å²) in [7, 11) is 0. The lowest BCUT2D eigenvalue weighted by Gasteiger charge is -2.43. The van der Waals surface area contributed by atoms with Crippen molar-refractivity contribution in [3.8, 4) is 5.75 Å². The van der Waals surface area contributed by atoms with E-state index in [0.717, 1.165) is 44.5 Å². The molecule has 1 unspecified atom stereocenters. The second-order valence-corrected chi connectivity index (χ2v) is 10.3. The molecular formula is C24H30ClN3O3S. The van der Waals surface area contributed by atoms with Gasteiger partial charge in [0, 0.05) is 43.0 Å². The number of rotatable bonds is 6. The summed E-state index contributed by atoms with van der Waals surface area (Å²) in [5.74, 6) is 0.856. The van der Waals surface area contributed by atoms with Crippen LogP contribution in [0.25, 0.3) is 0 Å². The molecule has 0 radical (unpaired) electrons. The second kappa shape index (κ2) is 10.2. The Hall–Kier alpha value is -2.12. The van der Waals surface area contributed by atoms with Crippen LogP contribution in [0.2, 0.25) is 5.02 Å². The van der Waals surface area contributed by atoms with Gasteiger partial charge in [-0.1, -0.05) is 17.7 Å². The van der Waals surface area contributed by atoms with Crippen molar-refractivity contribution in [3.05, 3.63) is 45.4 Å². The standard InChI is InChI=1S/C24H30ClN3O3S/c1-18-22(32-17-26-18)23(30)28-12-6-9-24(15-28,14-21(29)27-10-3-2-4-11-27)16-31-20-8-5-7-19(25)13-20/h5,7-8,13,17H,2-4,6,9-12,14-16H2,1H3. The van der Waals surface area contributed by atoms with Crippen molar-refractivity contribution in [3.63, 3.8) is 0 Å². The molecule has 3 heterocycles. The molecule has 0 spiro atoms. The summed E-state index contributed by atoms with van der Waals surface area (Å²) >= 11 is 7.50. The Labute approximate surface area is 198 Å². The molecule has 8 heteroatoms. The van der Waals surface area contributed by atoms with E-state index in [-0.39, 0.29) is 11.8 Å². The fraction of sp³-hybridized carbons (Fsp3) is 0.542.